The molecular weight excluding hydrogens is 240 g/mol. The summed E-state index contributed by atoms with van der Waals surface area (Å²) >= 11 is 0. The number of hydrogen-bond donors (Lipinski definition) is 1. The molecule has 4 heteroatoms. The minimum atomic E-state index is -0.0405. The lowest BCUT2D eigenvalue weighted by Crippen LogP contribution is -2.46. The molecule has 0 saturated carbocycles. The predicted octanol–water partition coefficient (Wildman–Crippen LogP) is 1.88. The van der Waals surface area contributed by atoms with Gasteiger partial charge in [-0.2, -0.15) is 0 Å². The number of methoxy groups -OCH3 is 1. The predicted molar refractivity (Wildman–Crippen MR) is 77.8 cm³/mol. The number of hydrogen-bond acceptors (Lipinski definition) is 3. The van der Waals surface area contributed by atoms with E-state index in [1.165, 1.54) is 0 Å². The molecule has 1 heterocycles. The average Bonchev–Trinajstić information content (AvgIpc) is 2.35. The highest BCUT2D eigenvalue weighted by Crippen LogP contribution is 2.26. The van der Waals surface area contributed by atoms with E-state index < -0.39 is 0 Å². The Morgan fingerprint density at radius 2 is 2.16 bits per heavy atom. The molecule has 0 bridgehead atoms. The van der Waals surface area contributed by atoms with Crippen molar-refractivity contribution in [3.8, 4) is 0 Å². The number of nitrogens with zero attached hydrogens (tertiary/aromatic N) is 1. The van der Waals surface area contributed by atoms with E-state index in [0.717, 1.165) is 39.0 Å². The third kappa shape index (κ3) is 5.49. The van der Waals surface area contributed by atoms with Crippen molar-refractivity contribution in [3.63, 3.8) is 0 Å². The van der Waals surface area contributed by atoms with Gasteiger partial charge in [-0.1, -0.05) is 20.8 Å². The van der Waals surface area contributed by atoms with Crippen LogP contribution in [-0.2, 0) is 9.53 Å². The van der Waals surface area contributed by atoms with Gasteiger partial charge in [0.05, 0.1) is 12.5 Å². The quantitative estimate of drug-likeness (QED) is 0.830. The summed E-state index contributed by atoms with van der Waals surface area (Å²) in [6.07, 6.45) is 3.09. The van der Waals surface area contributed by atoms with Crippen LogP contribution >= 0.6 is 0 Å². The van der Waals surface area contributed by atoms with Crippen LogP contribution in [0, 0.1) is 17.3 Å². The summed E-state index contributed by atoms with van der Waals surface area (Å²) in [4.78, 5) is 14.6. The fourth-order valence-corrected chi connectivity index (χ4v) is 2.91. The molecule has 1 aliphatic heterocycles. The Bertz CT molecular complexity index is 284. The monoisotopic (exact) mass is 270 g/mol. The Balaban J connectivity index is 2.59. The molecule has 0 aliphatic carbocycles. The van der Waals surface area contributed by atoms with Crippen LogP contribution in [-0.4, -0.2) is 44.2 Å². The molecule has 0 aromatic carbocycles. The van der Waals surface area contributed by atoms with Crippen molar-refractivity contribution >= 4 is 5.91 Å². The van der Waals surface area contributed by atoms with Crippen LogP contribution < -0.4 is 5.73 Å². The lowest BCUT2D eigenvalue weighted by molar-refractivity contribution is -0.138. The zero-order valence-electron chi connectivity index (χ0n) is 12.9. The average molecular weight is 270 g/mol. The fraction of sp³-hybridized carbons (Fsp3) is 0.933. The Hall–Kier alpha value is -0.610. The normalized spacial score (nSPS) is 22.4. The third-order valence-electron chi connectivity index (χ3n) is 3.73. The first-order valence-electron chi connectivity index (χ1n) is 7.35. The Labute approximate surface area is 117 Å². The van der Waals surface area contributed by atoms with Crippen LogP contribution in [0.25, 0.3) is 0 Å². The summed E-state index contributed by atoms with van der Waals surface area (Å²) in [6, 6.07) is 0. The summed E-state index contributed by atoms with van der Waals surface area (Å²) in [6.45, 7) is 9.37. The van der Waals surface area contributed by atoms with Gasteiger partial charge < -0.3 is 15.4 Å². The SMILES string of the molecule is COCC1CCCN(C(=O)C(CN)CC(C)(C)C)C1. The number of likely N-dealkylation sites (tertiary alicyclic amines) is 1. The van der Waals surface area contributed by atoms with Gasteiger partial charge in [-0.15, -0.1) is 0 Å². The smallest absolute Gasteiger partial charge is 0.226 e. The molecule has 1 amide bonds. The molecule has 2 unspecified atom stereocenters. The number of carbonyl (C=O) groups is 1. The van der Waals surface area contributed by atoms with E-state index in [4.69, 9.17) is 10.5 Å². The zero-order valence-corrected chi connectivity index (χ0v) is 12.9. The van der Waals surface area contributed by atoms with E-state index in [1.54, 1.807) is 7.11 Å². The number of amides is 1. The molecule has 0 aromatic rings. The lowest BCUT2D eigenvalue weighted by Gasteiger charge is -2.36. The summed E-state index contributed by atoms with van der Waals surface area (Å²) in [5, 5.41) is 0. The number of carbonyl (C=O) groups excluding carboxylic acids is 1. The first-order valence-corrected chi connectivity index (χ1v) is 7.35. The Kier molecular flexibility index (Phi) is 6.27. The molecule has 1 rings (SSSR count). The van der Waals surface area contributed by atoms with Gasteiger partial charge in [0.25, 0.3) is 0 Å². The van der Waals surface area contributed by atoms with Crippen molar-refractivity contribution in [1.29, 1.82) is 0 Å². The molecule has 2 atom stereocenters. The van der Waals surface area contributed by atoms with Gasteiger partial charge in [0, 0.05) is 26.7 Å². The van der Waals surface area contributed by atoms with Gasteiger partial charge in [0.15, 0.2) is 0 Å². The highest BCUT2D eigenvalue weighted by Gasteiger charge is 2.30. The number of piperidine rings is 1. The van der Waals surface area contributed by atoms with Crippen LogP contribution in [0.15, 0.2) is 0 Å². The van der Waals surface area contributed by atoms with Crippen molar-refractivity contribution in [3.05, 3.63) is 0 Å². The molecule has 2 N–H and O–H groups in total. The van der Waals surface area contributed by atoms with Gasteiger partial charge >= 0.3 is 0 Å². The van der Waals surface area contributed by atoms with Crippen molar-refractivity contribution in [2.75, 3.05) is 33.4 Å². The third-order valence-corrected chi connectivity index (χ3v) is 3.73. The molecule has 0 aromatic heterocycles. The van der Waals surface area contributed by atoms with Crippen LogP contribution in [0.4, 0.5) is 0 Å². The molecule has 1 fully saturated rings. The standard InChI is InChI=1S/C15H30N2O2/c1-15(2,3)8-13(9-16)14(18)17-7-5-6-12(10-17)11-19-4/h12-13H,5-11,16H2,1-4H3. The second-order valence-corrected chi connectivity index (χ2v) is 6.95. The second kappa shape index (κ2) is 7.25. The highest BCUT2D eigenvalue weighted by molar-refractivity contribution is 5.79. The van der Waals surface area contributed by atoms with Gasteiger partial charge in [0.2, 0.25) is 5.91 Å². The van der Waals surface area contributed by atoms with Gasteiger partial charge in [0.1, 0.15) is 0 Å². The van der Waals surface area contributed by atoms with E-state index >= 15 is 0 Å². The van der Waals surface area contributed by atoms with E-state index in [0.29, 0.717) is 12.5 Å². The molecule has 1 saturated heterocycles. The first-order chi connectivity index (χ1) is 8.87. The van der Waals surface area contributed by atoms with E-state index in [1.807, 2.05) is 4.90 Å². The van der Waals surface area contributed by atoms with Gasteiger partial charge in [-0.3, -0.25) is 4.79 Å². The fourth-order valence-electron chi connectivity index (χ4n) is 2.91. The molecule has 0 radical (unpaired) electrons. The lowest BCUT2D eigenvalue weighted by atomic mass is 9.83. The molecule has 112 valence electrons. The number of rotatable bonds is 5. The maximum absolute atomic E-state index is 12.6. The molecule has 19 heavy (non-hydrogen) atoms. The second-order valence-electron chi connectivity index (χ2n) is 6.95. The van der Waals surface area contributed by atoms with Crippen LogP contribution in [0.1, 0.15) is 40.0 Å². The maximum Gasteiger partial charge on any atom is 0.226 e. The van der Waals surface area contributed by atoms with E-state index in [9.17, 15) is 4.79 Å². The van der Waals surface area contributed by atoms with Crippen molar-refractivity contribution in [2.24, 2.45) is 23.0 Å². The van der Waals surface area contributed by atoms with Crippen LogP contribution in [0.3, 0.4) is 0 Å². The minimum Gasteiger partial charge on any atom is -0.384 e. The van der Waals surface area contributed by atoms with Gasteiger partial charge in [-0.25, -0.2) is 0 Å². The summed E-state index contributed by atoms with van der Waals surface area (Å²) in [5.41, 5.74) is 5.95. The van der Waals surface area contributed by atoms with Crippen molar-refractivity contribution in [1.82, 2.24) is 4.90 Å². The van der Waals surface area contributed by atoms with Crippen molar-refractivity contribution in [2.45, 2.75) is 40.0 Å². The summed E-state index contributed by atoms with van der Waals surface area (Å²) in [5.74, 6) is 0.676. The van der Waals surface area contributed by atoms with E-state index in [-0.39, 0.29) is 17.2 Å². The van der Waals surface area contributed by atoms with Gasteiger partial charge in [-0.05, 0) is 30.6 Å². The maximum atomic E-state index is 12.6. The molecule has 4 nitrogen and oxygen atoms in total. The minimum absolute atomic E-state index is 0.0405. The number of ether oxygens (including phenoxy) is 1. The number of nitrogens with two attached hydrogens (primary N) is 1. The largest absolute Gasteiger partial charge is 0.384 e. The molecule has 0 spiro atoms. The molecule has 1 aliphatic rings. The Morgan fingerprint density at radius 3 is 2.68 bits per heavy atom. The molecular formula is C15H30N2O2. The zero-order chi connectivity index (χ0) is 14.5. The summed E-state index contributed by atoms with van der Waals surface area (Å²) in [7, 11) is 1.73. The van der Waals surface area contributed by atoms with Crippen LogP contribution in [0.2, 0.25) is 0 Å². The Morgan fingerprint density at radius 1 is 1.47 bits per heavy atom. The highest BCUT2D eigenvalue weighted by atomic mass is 16.5. The van der Waals surface area contributed by atoms with E-state index in [2.05, 4.69) is 20.8 Å². The summed E-state index contributed by atoms with van der Waals surface area (Å²) < 4.78 is 5.21. The van der Waals surface area contributed by atoms with Crippen LogP contribution in [0.5, 0.6) is 0 Å². The topological polar surface area (TPSA) is 55.6 Å². The first kappa shape index (κ1) is 16.4. The van der Waals surface area contributed by atoms with Crippen molar-refractivity contribution < 1.29 is 9.53 Å².